The van der Waals surface area contributed by atoms with Crippen molar-refractivity contribution < 1.29 is 22.8 Å². The van der Waals surface area contributed by atoms with Gasteiger partial charge >= 0.3 is 6.18 Å². The quantitative estimate of drug-likeness (QED) is 0.544. The molecule has 0 saturated carbocycles. The van der Waals surface area contributed by atoms with E-state index in [1.54, 1.807) is 22.0 Å². The summed E-state index contributed by atoms with van der Waals surface area (Å²) >= 11 is 0. The summed E-state index contributed by atoms with van der Waals surface area (Å²) in [6.45, 7) is 7.11. The molecule has 1 aromatic heterocycles. The van der Waals surface area contributed by atoms with Crippen LogP contribution in [0.5, 0.6) is 0 Å². The van der Waals surface area contributed by atoms with Gasteiger partial charge in [-0.1, -0.05) is 26.0 Å². The second-order valence-corrected chi connectivity index (χ2v) is 7.25. The maximum Gasteiger partial charge on any atom is 0.416 e. The number of carbonyl (C=O) groups is 2. The Hall–Kier alpha value is -2.38. The fraction of sp³-hybridized carbons (Fsp3) is 0.550. The maximum absolute atomic E-state index is 13.2. The zero-order chi connectivity index (χ0) is 20.9. The summed E-state index contributed by atoms with van der Waals surface area (Å²) in [4.78, 5) is 31.9. The Labute approximate surface area is 163 Å². The number of rotatable bonds is 6. The highest BCUT2D eigenvalue weighted by atomic mass is 19.4. The van der Waals surface area contributed by atoms with Crippen LogP contribution < -0.4 is 4.90 Å². The third-order valence-corrected chi connectivity index (χ3v) is 5.28. The van der Waals surface area contributed by atoms with Crippen LogP contribution in [0.2, 0.25) is 0 Å². The number of alkyl halides is 3. The lowest BCUT2D eigenvalue weighted by atomic mass is 9.73. The first-order chi connectivity index (χ1) is 13.2. The van der Waals surface area contributed by atoms with Gasteiger partial charge < -0.3 is 14.6 Å². The first-order valence-electron chi connectivity index (χ1n) is 9.30. The predicted octanol–water partition coefficient (Wildman–Crippen LogP) is 3.56. The van der Waals surface area contributed by atoms with Gasteiger partial charge in [-0.2, -0.15) is 13.2 Å². The second-order valence-electron chi connectivity index (χ2n) is 7.25. The minimum absolute atomic E-state index is 0.0652. The average molecular weight is 397 g/mol. The summed E-state index contributed by atoms with van der Waals surface area (Å²) in [5.74, 6) is 0.0623. The molecule has 1 fully saturated rings. The molecule has 2 heterocycles. The minimum atomic E-state index is -4.42. The van der Waals surface area contributed by atoms with E-state index in [-0.39, 0.29) is 24.1 Å². The molecule has 2 rings (SSSR count). The monoisotopic (exact) mass is 397 g/mol. The lowest BCUT2D eigenvalue weighted by molar-refractivity contribution is -0.143. The number of pyridine rings is 1. The normalized spacial score (nSPS) is 17.8. The summed E-state index contributed by atoms with van der Waals surface area (Å²) in [7, 11) is 0. The van der Waals surface area contributed by atoms with E-state index >= 15 is 0 Å². The average Bonchev–Trinajstić information content (AvgIpc) is 2.66. The van der Waals surface area contributed by atoms with Gasteiger partial charge in [0.25, 0.3) is 0 Å². The Bertz CT molecular complexity index is 726. The number of nitrogens with zero attached hydrogens (tertiary/aromatic N) is 3. The SMILES string of the molecule is C/C=C\[C@@](CC=O)(C(=O)N1CCN(c2cc(C(F)(F)F)ccn2)CC1)C(C)C. The standard InChI is InChI=1S/C20H26F3N3O2/c1-4-6-19(7-13-27,15(2)3)18(28)26-11-9-25(10-12-26)17-14-16(5-8-24-17)20(21,22)23/h4-6,8,13-15H,7,9-12H2,1-3H3/b6-4-/t19-/m0/s1. The molecule has 28 heavy (non-hydrogen) atoms. The first-order valence-corrected chi connectivity index (χ1v) is 9.30. The van der Waals surface area contributed by atoms with Crippen molar-refractivity contribution in [2.24, 2.45) is 11.3 Å². The number of piperazine rings is 1. The number of allylic oxidation sites excluding steroid dienone is 1. The van der Waals surface area contributed by atoms with E-state index in [0.717, 1.165) is 24.6 Å². The molecule has 0 spiro atoms. The summed E-state index contributed by atoms with van der Waals surface area (Å²) in [5.41, 5.74) is -1.64. The van der Waals surface area contributed by atoms with Crippen molar-refractivity contribution in [1.82, 2.24) is 9.88 Å². The van der Waals surface area contributed by atoms with Crippen molar-refractivity contribution in [3.05, 3.63) is 36.0 Å². The third-order valence-electron chi connectivity index (χ3n) is 5.28. The molecule has 0 bridgehead atoms. The zero-order valence-electron chi connectivity index (χ0n) is 16.4. The third kappa shape index (κ3) is 4.54. The van der Waals surface area contributed by atoms with E-state index in [4.69, 9.17) is 0 Å². The van der Waals surface area contributed by atoms with Gasteiger partial charge in [-0.05, 0) is 25.0 Å². The van der Waals surface area contributed by atoms with Crippen LogP contribution >= 0.6 is 0 Å². The van der Waals surface area contributed by atoms with Crippen molar-refractivity contribution in [3.8, 4) is 0 Å². The number of aromatic nitrogens is 1. The van der Waals surface area contributed by atoms with E-state index in [1.165, 1.54) is 0 Å². The van der Waals surface area contributed by atoms with Gasteiger partial charge in [0.05, 0.1) is 11.0 Å². The molecule has 1 aliphatic heterocycles. The van der Waals surface area contributed by atoms with Gasteiger partial charge in [0.1, 0.15) is 12.1 Å². The van der Waals surface area contributed by atoms with Crippen LogP contribution in [-0.4, -0.2) is 48.3 Å². The molecule has 8 heteroatoms. The molecule has 0 radical (unpaired) electrons. The predicted molar refractivity (Wildman–Crippen MR) is 101 cm³/mol. The first kappa shape index (κ1) is 21.9. The number of halogens is 3. The second kappa shape index (κ2) is 8.75. The van der Waals surface area contributed by atoms with E-state index in [0.29, 0.717) is 26.2 Å². The minimum Gasteiger partial charge on any atom is -0.353 e. The number of aldehydes is 1. The van der Waals surface area contributed by atoms with Crippen LogP contribution in [0.15, 0.2) is 30.5 Å². The number of anilines is 1. The Balaban J connectivity index is 2.14. The maximum atomic E-state index is 13.2. The summed E-state index contributed by atoms with van der Waals surface area (Å²) in [6, 6.07) is 1.97. The van der Waals surface area contributed by atoms with Gasteiger partial charge in [0, 0.05) is 38.8 Å². The highest BCUT2D eigenvalue weighted by Crippen LogP contribution is 2.36. The summed E-state index contributed by atoms with van der Waals surface area (Å²) in [6.07, 6.45) is 1.16. The van der Waals surface area contributed by atoms with Crippen molar-refractivity contribution in [2.45, 2.75) is 33.4 Å². The Morgan fingerprint density at radius 1 is 1.25 bits per heavy atom. The van der Waals surface area contributed by atoms with Crippen LogP contribution in [0.3, 0.4) is 0 Å². The van der Waals surface area contributed by atoms with E-state index in [2.05, 4.69) is 4.98 Å². The lowest BCUT2D eigenvalue weighted by Gasteiger charge is -2.41. The highest BCUT2D eigenvalue weighted by Gasteiger charge is 2.42. The Morgan fingerprint density at radius 3 is 2.39 bits per heavy atom. The summed E-state index contributed by atoms with van der Waals surface area (Å²) in [5, 5.41) is 0. The molecule has 154 valence electrons. The highest BCUT2D eigenvalue weighted by molar-refractivity contribution is 5.87. The molecule has 1 aliphatic rings. The van der Waals surface area contributed by atoms with Crippen molar-refractivity contribution >= 4 is 18.0 Å². The topological polar surface area (TPSA) is 53.5 Å². The van der Waals surface area contributed by atoms with Crippen molar-refractivity contribution in [3.63, 3.8) is 0 Å². The molecule has 5 nitrogen and oxygen atoms in total. The van der Waals surface area contributed by atoms with Crippen LogP contribution in [0.25, 0.3) is 0 Å². The smallest absolute Gasteiger partial charge is 0.353 e. The van der Waals surface area contributed by atoms with E-state index in [1.807, 2.05) is 20.8 Å². The number of carbonyl (C=O) groups excluding carboxylic acids is 2. The van der Waals surface area contributed by atoms with Crippen LogP contribution in [0.1, 0.15) is 32.8 Å². The fourth-order valence-electron chi connectivity index (χ4n) is 3.54. The van der Waals surface area contributed by atoms with Crippen molar-refractivity contribution in [1.29, 1.82) is 0 Å². The molecular weight excluding hydrogens is 371 g/mol. The number of hydrogen-bond acceptors (Lipinski definition) is 4. The lowest BCUT2D eigenvalue weighted by Crippen LogP contribution is -2.54. The van der Waals surface area contributed by atoms with Gasteiger partial charge in [-0.3, -0.25) is 4.79 Å². The molecule has 1 aromatic rings. The molecule has 1 saturated heterocycles. The molecule has 0 unspecified atom stereocenters. The summed E-state index contributed by atoms with van der Waals surface area (Å²) < 4.78 is 38.8. The molecule has 1 amide bonds. The van der Waals surface area contributed by atoms with Gasteiger partial charge in [-0.25, -0.2) is 4.98 Å². The molecule has 1 atom stereocenters. The zero-order valence-corrected chi connectivity index (χ0v) is 16.4. The van der Waals surface area contributed by atoms with Gasteiger partial charge in [0.15, 0.2) is 0 Å². The molecular formula is C20H26F3N3O2. The largest absolute Gasteiger partial charge is 0.416 e. The van der Waals surface area contributed by atoms with Crippen LogP contribution in [-0.2, 0) is 15.8 Å². The van der Waals surface area contributed by atoms with Crippen LogP contribution in [0, 0.1) is 11.3 Å². The Kier molecular flexibility index (Phi) is 6.85. The van der Waals surface area contributed by atoms with Gasteiger partial charge in [-0.15, -0.1) is 0 Å². The molecule has 0 N–H and O–H groups in total. The van der Waals surface area contributed by atoms with Crippen molar-refractivity contribution in [2.75, 3.05) is 31.1 Å². The van der Waals surface area contributed by atoms with E-state index in [9.17, 15) is 22.8 Å². The fourth-order valence-corrected chi connectivity index (χ4v) is 3.54. The number of hydrogen-bond donors (Lipinski definition) is 0. The van der Waals surface area contributed by atoms with Crippen LogP contribution in [0.4, 0.5) is 19.0 Å². The van der Waals surface area contributed by atoms with E-state index < -0.39 is 17.2 Å². The number of amides is 1. The van der Waals surface area contributed by atoms with Gasteiger partial charge in [0.2, 0.25) is 5.91 Å². The molecule has 0 aliphatic carbocycles. The molecule has 0 aromatic carbocycles. The Morgan fingerprint density at radius 2 is 1.89 bits per heavy atom.